The van der Waals surface area contributed by atoms with Crippen LogP contribution in [-0.4, -0.2) is 34.7 Å². The van der Waals surface area contributed by atoms with Crippen LogP contribution < -0.4 is 5.32 Å². The molecule has 0 saturated carbocycles. The van der Waals surface area contributed by atoms with Crippen molar-refractivity contribution in [3.63, 3.8) is 0 Å². The van der Waals surface area contributed by atoms with Crippen molar-refractivity contribution in [1.82, 2.24) is 10.2 Å². The summed E-state index contributed by atoms with van der Waals surface area (Å²) in [6.45, 7) is 5.23. The van der Waals surface area contributed by atoms with Crippen molar-refractivity contribution >= 4 is 17.7 Å². The second-order valence-electron chi connectivity index (χ2n) is 6.18. The number of amides is 3. The molecule has 22 heavy (non-hydrogen) atoms. The van der Waals surface area contributed by atoms with Gasteiger partial charge in [0.15, 0.2) is 5.78 Å². The molecule has 5 nitrogen and oxygen atoms in total. The molecule has 2 rings (SSSR count). The van der Waals surface area contributed by atoms with Crippen LogP contribution >= 0.6 is 0 Å². The van der Waals surface area contributed by atoms with Gasteiger partial charge in [0.25, 0.3) is 5.91 Å². The van der Waals surface area contributed by atoms with Gasteiger partial charge in [-0.25, -0.2) is 9.18 Å². The van der Waals surface area contributed by atoms with Crippen LogP contribution in [0.25, 0.3) is 0 Å². The number of nitrogens with one attached hydrogen (secondary N) is 1. The lowest BCUT2D eigenvalue weighted by Gasteiger charge is -2.23. The number of hydrogen-bond donors (Lipinski definition) is 1. The minimum atomic E-state index is -0.978. The maximum absolute atomic E-state index is 12.9. The average Bonchev–Trinajstić information content (AvgIpc) is 2.62. The molecule has 1 atom stereocenters. The van der Waals surface area contributed by atoms with E-state index in [1.807, 2.05) is 13.8 Å². The van der Waals surface area contributed by atoms with Crippen LogP contribution in [0.2, 0.25) is 0 Å². The number of urea groups is 1. The first-order valence-electron chi connectivity index (χ1n) is 7.16. The predicted molar refractivity (Wildman–Crippen MR) is 78.8 cm³/mol. The Morgan fingerprint density at radius 2 is 1.86 bits per heavy atom. The summed E-state index contributed by atoms with van der Waals surface area (Å²) in [7, 11) is 0. The van der Waals surface area contributed by atoms with Gasteiger partial charge in [-0.05, 0) is 43.5 Å². The highest BCUT2D eigenvalue weighted by Crippen LogP contribution is 2.25. The highest BCUT2D eigenvalue weighted by Gasteiger charge is 2.48. The molecule has 1 fully saturated rings. The zero-order valence-electron chi connectivity index (χ0n) is 12.9. The zero-order valence-corrected chi connectivity index (χ0v) is 12.9. The Morgan fingerprint density at radius 1 is 1.27 bits per heavy atom. The Labute approximate surface area is 128 Å². The molecule has 1 heterocycles. The van der Waals surface area contributed by atoms with Crippen LogP contribution in [0.5, 0.6) is 0 Å². The van der Waals surface area contributed by atoms with E-state index in [9.17, 15) is 18.8 Å². The van der Waals surface area contributed by atoms with Crippen molar-refractivity contribution in [3.05, 3.63) is 35.6 Å². The molecule has 118 valence electrons. The number of hydrogen-bond acceptors (Lipinski definition) is 3. The first-order valence-corrected chi connectivity index (χ1v) is 7.16. The Bertz CT molecular complexity index is 612. The van der Waals surface area contributed by atoms with Gasteiger partial charge in [0, 0.05) is 5.56 Å². The van der Waals surface area contributed by atoms with Crippen LogP contribution in [-0.2, 0) is 4.79 Å². The highest BCUT2D eigenvalue weighted by molar-refractivity contribution is 6.10. The summed E-state index contributed by atoms with van der Waals surface area (Å²) in [6, 6.07) is 4.44. The Balaban J connectivity index is 2.13. The van der Waals surface area contributed by atoms with Crippen LogP contribution in [0.3, 0.4) is 0 Å². The summed E-state index contributed by atoms with van der Waals surface area (Å²) < 4.78 is 12.9. The SMILES string of the molecule is CC(C)C[C@]1(C)NC(=O)N(CC(=O)c2ccc(F)cc2)C1=O. The van der Waals surface area contributed by atoms with E-state index in [-0.39, 0.29) is 18.0 Å². The Kier molecular flexibility index (Phi) is 4.30. The third-order valence-corrected chi connectivity index (χ3v) is 3.63. The molecular formula is C16H19FN2O3. The van der Waals surface area contributed by atoms with E-state index < -0.39 is 29.1 Å². The molecule has 0 radical (unpaired) electrons. The lowest BCUT2D eigenvalue weighted by Crippen LogP contribution is -2.45. The second kappa shape index (κ2) is 5.87. The van der Waals surface area contributed by atoms with Gasteiger partial charge in [0.2, 0.25) is 0 Å². The van der Waals surface area contributed by atoms with E-state index in [2.05, 4.69) is 5.32 Å². The molecular weight excluding hydrogens is 287 g/mol. The van der Waals surface area contributed by atoms with E-state index in [1.54, 1.807) is 6.92 Å². The minimum absolute atomic E-state index is 0.224. The lowest BCUT2D eigenvalue weighted by molar-refractivity contribution is -0.131. The number of ketones is 1. The number of imide groups is 1. The number of carbonyl (C=O) groups excluding carboxylic acids is 3. The molecule has 0 unspecified atom stereocenters. The molecule has 6 heteroatoms. The zero-order chi connectivity index (χ0) is 16.5. The van der Waals surface area contributed by atoms with Gasteiger partial charge in [0.1, 0.15) is 11.4 Å². The number of Topliss-reactive ketones (excluding diaryl/α,β-unsaturated/α-hetero) is 1. The Hall–Kier alpha value is -2.24. The number of halogens is 1. The molecule has 3 amide bonds. The maximum Gasteiger partial charge on any atom is 0.325 e. The molecule has 1 aromatic rings. The van der Waals surface area contributed by atoms with Crippen molar-refractivity contribution in [1.29, 1.82) is 0 Å². The van der Waals surface area contributed by atoms with Gasteiger partial charge in [-0.1, -0.05) is 13.8 Å². The summed E-state index contributed by atoms with van der Waals surface area (Å²) in [5.41, 5.74) is -0.714. The van der Waals surface area contributed by atoms with Gasteiger partial charge in [0.05, 0.1) is 6.54 Å². The average molecular weight is 306 g/mol. The fraction of sp³-hybridized carbons (Fsp3) is 0.438. The smallest absolute Gasteiger partial charge is 0.323 e. The number of nitrogens with zero attached hydrogens (tertiary/aromatic N) is 1. The number of rotatable bonds is 5. The van der Waals surface area contributed by atoms with Crippen molar-refractivity contribution < 1.29 is 18.8 Å². The summed E-state index contributed by atoms with van der Waals surface area (Å²) in [4.78, 5) is 37.5. The summed E-state index contributed by atoms with van der Waals surface area (Å²) in [6.07, 6.45) is 0.499. The largest absolute Gasteiger partial charge is 0.325 e. The minimum Gasteiger partial charge on any atom is -0.323 e. The highest BCUT2D eigenvalue weighted by atomic mass is 19.1. The van der Waals surface area contributed by atoms with Crippen LogP contribution in [0.1, 0.15) is 37.6 Å². The van der Waals surface area contributed by atoms with Crippen LogP contribution in [0, 0.1) is 11.7 Å². The van der Waals surface area contributed by atoms with Crippen molar-refractivity contribution in [2.75, 3.05) is 6.54 Å². The monoisotopic (exact) mass is 306 g/mol. The van der Waals surface area contributed by atoms with Gasteiger partial charge in [-0.15, -0.1) is 0 Å². The Morgan fingerprint density at radius 3 is 2.41 bits per heavy atom. The fourth-order valence-corrected chi connectivity index (χ4v) is 2.72. The fourth-order valence-electron chi connectivity index (χ4n) is 2.72. The van der Waals surface area contributed by atoms with Gasteiger partial charge in [-0.2, -0.15) is 0 Å². The van der Waals surface area contributed by atoms with Gasteiger partial charge in [-0.3, -0.25) is 14.5 Å². The summed E-state index contributed by atoms with van der Waals surface area (Å²) in [5, 5.41) is 2.65. The number of carbonyl (C=O) groups is 3. The quantitative estimate of drug-likeness (QED) is 0.671. The molecule has 0 bridgehead atoms. The topological polar surface area (TPSA) is 66.5 Å². The first-order chi connectivity index (χ1) is 10.2. The van der Waals surface area contributed by atoms with E-state index in [4.69, 9.17) is 0 Å². The second-order valence-corrected chi connectivity index (χ2v) is 6.18. The molecule has 0 aromatic heterocycles. The van der Waals surface area contributed by atoms with Crippen molar-refractivity contribution in [2.45, 2.75) is 32.7 Å². The van der Waals surface area contributed by atoms with E-state index >= 15 is 0 Å². The summed E-state index contributed by atoms with van der Waals surface area (Å²) in [5.74, 6) is -1.03. The molecule has 1 aliphatic rings. The van der Waals surface area contributed by atoms with Gasteiger partial charge < -0.3 is 5.32 Å². The summed E-state index contributed by atoms with van der Waals surface area (Å²) >= 11 is 0. The van der Waals surface area contributed by atoms with Crippen LogP contribution in [0.4, 0.5) is 9.18 Å². The molecule has 1 aromatic carbocycles. The van der Waals surface area contributed by atoms with Gasteiger partial charge >= 0.3 is 6.03 Å². The van der Waals surface area contributed by atoms with Crippen LogP contribution in [0.15, 0.2) is 24.3 Å². The normalized spacial score (nSPS) is 21.4. The van der Waals surface area contributed by atoms with Crippen molar-refractivity contribution in [3.8, 4) is 0 Å². The molecule has 1 aliphatic heterocycles. The number of benzene rings is 1. The molecule has 0 aliphatic carbocycles. The molecule has 0 spiro atoms. The third kappa shape index (κ3) is 3.16. The van der Waals surface area contributed by atoms with E-state index in [0.717, 1.165) is 4.90 Å². The lowest BCUT2D eigenvalue weighted by atomic mass is 9.91. The van der Waals surface area contributed by atoms with Crippen molar-refractivity contribution in [2.24, 2.45) is 5.92 Å². The van der Waals surface area contributed by atoms with E-state index in [1.165, 1.54) is 24.3 Å². The molecule has 1 saturated heterocycles. The van der Waals surface area contributed by atoms with E-state index in [0.29, 0.717) is 6.42 Å². The predicted octanol–water partition coefficient (Wildman–Crippen LogP) is 2.37. The first kappa shape index (κ1) is 16.1. The molecule has 1 N–H and O–H groups in total. The standard InChI is InChI=1S/C16H19FN2O3/c1-10(2)8-16(3)14(21)19(15(22)18-16)9-13(20)11-4-6-12(17)7-5-11/h4-7,10H,8-9H2,1-3H3,(H,18,22)/t16-/m0/s1. The third-order valence-electron chi connectivity index (χ3n) is 3.63. The maximum atomic E-state index is 12.9.